The van der Waals surface area contributed by atoms with Crippen LogP contribution in [-0.2, 0) is 22.5 Å². The Morgan fingerprint density at radius 2 is 2.22 bits per heavy atom. The molecule has 0 aliphatic heterocycles. The van der Waals surface area contributed by atoms with Gasteiger partial charge in [-0.25, -0.2) is 9.89 Å². The van der Waals surface area contributed by atoms with Crippen LogP contribution in [0.4, 0.5) is 0 Å². The minimum Gasteiger partial charge on any atom is -0.385 e. The van der Waals surface area contributed by atoms with Crippen molar-refractivity contribution in [2.45, 2.75) is 24.5 Å². The number of carbonyl (C=O) groups is 1. The largest absolute Gasteiger partial charge is 0.385 e. The summed E-state index contributed by atoms with van der Waals surface area (Å²) in [6, 6.07) is 8.10. The maximum atomic E-state index is 12.1. The van der Waals surface area contributed by atoms with Crippen molar-refractivity contribution in [2.75, 3.05) is 26.0 Å². The van der Waals surface area contributed by atoms with Gasteiger partial charge in [-0.3, -0.25) is 9.36 Å². The molecule has 27 heavy (non-hydrogen) atoms. The molecule has 2 aromatic heterocycles. The molecule has 0 atom stereocenters. The van der Waals surface area contributed by atoms with Crippen LogP contribution in [-0.4, -0.2) is 51.7 Å². The number of H-pyrrole nitrogens is 2. The Labute approximate surface area is 160 Å². The lowest BCUT2D eigenvalue weighted by molar-refractivity contribution is -0.118. The molecule has 3 rings (SSSR count). The third-order valence-corrected chi connectivity index (χ3v) is 5.15. The molecular formula is C18H23N5O3S. The van der Waals surface area contributed by atoms with Crippen molar-refractivity contribution >= 4 is 28.6 Å². The predicted molar refractivity (Wildman–Crippen MR) is 105 cm³/mol. The fraction of sp³-hybridized carbons (Fsp3) is 0.389. The fourth-order valence-corrected chi connectivity index (χ4v) is 3.64. The van der Waals surface area contributed by atoms with Crippen LogP contribution in [0.25, 0.3) is 10.9 Å². The van der Waals surface area contributed by atoms with Gasteiger partial charge in [0.1, 0.15) is 0 Å². The van der Waals surface area contributed by atoms with E-state index in [1.165, 1.54) is 27.3 Å². The van der Waals surface area contributed by atoms with Gasteiger partial charge in [0.15, 0.2) is 5.16 Å². The molecule has 9 heteroatoms. The van der Waals surface area contributed by atoms with Crippen LogP contribution >= 0.6 is 11.8 Å². The quantitative estimate of drug-likeness (QED) is 0.360. The van der Waals surface area contributed by atoms with Crippen LogP contribution in [0.2, 0.25) is 0 Å². The summed E-state index contributed by atoms with van der Waals surface area (Å²) in [4.78, 5) is 27.1. The van der Waals surface area contributed by atoms with E-state index in [0.717, 1.165) is 11.9 Å². The number of nitrogens with one attached hydrogen (secondary N) is 3. The second-order valence-corrected chi connectivity index (χ2v) is 7.00. The zero-order valence-electron chi connectivity index (χ0n) is 15.2. The molecule has 3 N–H and O–H groups in total. The van der Waals surface area contributed by atoms with E-state index < -0.39 is 0 Å². The number of amides is 1. The van der Waals surface area contributed by atoms with Gasteiger partial charge >= 0.3 is 5.69 Å². The molecule has 8 nitrogen and oxygen atoms in total. The number of para-hydroxylation sites is 1. The molecule has 0 aliphatic carbocycles. The lowest BCUT2D eigenvalue weighted by atomic mass is 10.1. The number of benzene rings is 1. The van der Waals surface area contributed by atoms with Gasteiger partial charge in [-0.05, 0) is 24.5 Å². The van der Waals surface area contributed by atoms with Crippen LogP contribution < -0.4 is 11.0 Å². The summed E-state index contributed by atoms with van der Waals surface area (Å²) >= 11 is 1.25. The van der Waals surface area contributed by atoms with E-state index in [-0.39, 0.29) is 17.3 Å². The number of aromatic amines is 2. The second kappa shape index (κ2) is 9.43. The van der Waals surface area contributed by atoms with Crippen LogP contribution in [0.5, 0.6) is 0 Å². The number of hydrogen-bond acceptors (Lipinski definition) is 5. The molecule has 2 heterocycles. The van der Waals surface area contributed by atoms with Gasteiger partial charge in [-0.2, -0.15) is 0 Å². The van der Waals surface area contributed by atoms with Gasteiger partial charge < -0.3 is 15.0 Å². The molecule has 0 fully saturated rings. The summed E-state index contributed by atoms with van der Waals surface area (Å²) in [7, 11) is 1.62. The monoisotopic (exact) mass is 389 g/mol. The first-order valence-electron chi connectivity index (χ1n) is 8.77. The average molecular weight is 389 g/mol. The molecule has 0 bridgehead atoms. The Morgan fingerprint density at radius 1 is 1.37 bits per heavy atom. The van der Waals surface area contributed by atoms with Crippen LogP contribution in [0, 0.1) is 0 Å². The Morgan fingerprint density at radius 3 is 3.07 bits per heavy atom. The average Bonchev–Trinajstić information content (AvgIpc) is 3.24. The molecule has 0 unspecified atom stereocenters. The standard InChI is InChI=1S/C18H23N5O3S/c1-26-10-4-9-23-17(25)21-22-18(23)27-12-16(24)19-8-7-13-11-20-15-6-3-2-5-14(13)15/h2-3,5-6,11,20H,4,7-10,12H2,1H3,(H,19,24)(H,21,25). The second-order valence-electron chi connectivity index (χ2n) is 6.06. The Hall–Kier alpha value is -2.52. The van der Waals surface area contributed by atoms with Crippen LogP contribution in [0.15, 0.2) is 40.4 Å². The lowest BCUT2D eigenvalue weighted by Gasteiger charge is -2.06. The molecule has 1 aromatic carbocycles. The summed E-state index contributed by atoms with van der Waals surface area (Å²) in [6.07, 6.45) is 3.44. The van der Waals surface area contributed by atoms with Gasteiger partial charge in [-0.1, -0.05) is 30.0 Å². The molecule has 0 saturated carbocycles. The van der Waals surface area contributed by atoms with E-state index in [4.69, 9.17) is 4.74 Å². The molecular weight excluding hydrogens is 366 g/mol. The van der Waals surface area contributed by atoms with Crippen molar-refractivity contribution < 1.29 is 9.53 Å². The van der Waals surface area contributed by atoms with E-state index in [1.807, 2.05) is 24.4 Å². The highest BCUT2D eigenvalue weighted by Gasteiger charge is 2.11. The number of hydrogen-bond donors (Lipinski definition) is 3. The topological polar surface area (TPSA) is 105 Å². The first kappa shape index (κ1) is 19.2. The molecule has 0 saturated heterocycles. The van der Waals surface area contributed by atoms with E-state index in [2.05, 4.69) is 26.6 Å². The zero-order chi connectivity index (χ0) is 19.1. The van der Waals surface area contributed by atoms with E-state index in [0.29, 0.717) is 31.3 Å². The van der Waals surface area contributed by atoms with Gasteiger partial charge in [0.25, 0.3) is 0 Å². The van der Waals surface area contributed by atoms with Crippen molar-refractivity contribution in [3.05, 3.63) is 46.5 Å². The number of thioether (sulfide) groups is 1. The maximum Gasteiger partial charge on any atom is 0.343 e. The van der Waals surface area contributed by atoms with Crippen LogP contribution in [0.1, 0.15) is 12.0 Å². The smallest absolute Gasteiger partial charge is 0.343 e. The summed E-state index contributed by atoms with van der Waals surface area (Å²) in [5, 5.41) is 11.0. The summed E-state index contributed by atoms with van der Waals surface area (Å²) in [5.41, 5.74) is 2.01. The highest BCUT2D eigenvalue weighted by Crippen LogP contribution is 2.18. The Balaban J connectivity index is 1.45. The molecule has 144 valence electrons. The zero-order valence-corrected chi connectivity index (χ0v) is 16.0. The number of nitrogens with zero attached hydrogens (tertiary/aromatic N) is 2. The molecule has 1 amide bonds. The van der Waals surface area contributed by atoms with Gasteiger partial charge in [-0.15, -0.1) is 5.10 Å². The summed E-state index contributed by atoms with van der Waals surface area (Å²) in [5.74, 6) is 0.126. The minimum absolute atomic E-state index is 0.0845. The highest BCUT2D eigenvalue weighted by atomic mass is 32.2. The van der Waals surface area contributed by atoms with Gasteiger partial charge in [0.05, 0.1) is 5.75 Å². The number of ether oxygens (including phenoxy) is 1. The van der Waals surface area contributed by atoms with E-state index in [1.54, 1.807) is 7.11 Å². The summed E-state index contributed by atoms with van der Waals surface area (Å²) < 4.78 is 6.53. The summed E-state index contributed by atoms with van der Waals surface area (Å²) in [6.45, 7) is 1.63. The van der Waals surface area contributed by atoms with Crippen molar-refractivity contribution in [2.24, 2.45) is 0 Å². The number of carbonyl (C=O) groups excluding carboxylic acids is 1. The van der Waals surface area contributed by atoms with Gasteiger partial charge in [0.2, 0.25) is 5.91 Å². The maximum absolute atomic E-state index is 12.1. The third-order valence-electron chi connectivity index (χ3n) is 4.18. The third kappa shape index (κ3) is 5.01. The first-order valence-corrected chi connectivity index (χ1v) is 9.76. The van der Waals surface area contributed by atoms with E-state index in [9.17, 15) is 9.59 Å². The molecule has 0 spiro atoms. The molecule has 3 aromatic rings. The minimum atomic E-state index is -0.270. The fourth-order valence-electron chi connectivity index (χ4n) is 2.83. The first-order chi connectivity index (χ1) is 13.2. The Bertz CT molecular complexity index is 946. The van der Waals surface area contributed by atoms with Crippen molar-refractivity contribution in [3.8, 4) is 0 Å². The van der Waals surface area contributed by atoms with Crippen molar-refractivity contribution in [1.29, 1.82) is 0 Å². The normalized spacial score (nSPS) is 11.1. The number of methoxy groups -OCH3 is 1. The predicted octanol–water partition coefficient (Wildman–Crippen LogP) is 1.54. The van der Waals surface area contributed by atoms with E-state index >= 15 is 0 Å². The highest BCUT2D eigenvalue weighted by molar-refractivity contribution is 7.99. The molecule has 0 aliphatic rings. The van der Waals surface area contributed by atoms with Crippen molar-refractivity contribution in [3.63, 3.8) is 0 Å². The SMILES string of the molecule is COCCCn1c(SCC(=O)NCCc2c[nH]c3ccccc23)n[nH]c1=O. The number of fused-ring (bicyclic) bond motifs is 1. The Kier molecular flexibility index (Phi) is 6.72. The number of aromatic nitrogens is 4. The number of rotatable bonds is 10. The lowest BCUT2D eigenvalue weighted by Crippen LogP contribution is -2.27. The molecule has 0 radical (unpaired) electrons. The van der Waals surface area contributed by atoms with Crippen molar-refractivity contribution in [1.82, 2.24) is 25.1 Å². The van der Waals surface area contributed by atoms with Crippen LogP contribution in [0.3, 0.4) is 0 Å². The van der Waals surface area contributed by atoms with Gasteiger partial charge in [0, 0.05) is 43.9 Å².